The molecule has 1 aromatic carbocycles. The molecule has 3 rings (SSSR count). The lowest BCUT2D eigenvalue weighted by molar-refractivity contribution is 0.242. The Morgan fingerprint density at radius 2 is 2.04 bits per heavy atom. The number of nitrogens with zero attached hydrogens (tertiary/aromatic N) is 2. The number of ether oxygens (including phenoxy) is 1. The topological polar surface area (TPSA) is 82.3 Å². The monoisotopic (exact) mass is 370 g/mol. The standard InChI is InChI=1S/C16H19ClN2O4S/c1-10(2)22-13-6-5-11(17)9-12(13)14-18-15(19-23-14)16(7-4-8-16)24(3,20)21/h5-6,9-10H,4,7-8H2,1-3H3. The minimum absolute atomic E-state index is 0.0405. The third-order valence-electron chi connectivity index (χ3n) is 4.24. The van der Waals surface area contributed by atoms with Crippen molar-refractivity contribution in [3.8, 4) is 17.2 Å². The lowest BCUT2D eigenvalue weighted by Crippen LogP contribution is -2.42. The predicted octanol–water partition coefficient (Wildman–Crippen LogP) is 3.60. The van der Waals surface area contributed by atoms with Crippen molar-refractivity contribution < 1.29 is 17.7 Å². The maximum absolute atomic E-state index is 12.2. The van der Waals surface area contributed by atoms with Crippen molar-refractivity contribution in [1.29, 1.82) is 0 Å². The first-order valence-corrected chi connectivity index (χ1v) is 10.0. The summed E-state index contributed by atoms with van der Waals surface area (Å²) in [5.74, 6) is 0.978. The molecule has 1 aliphatic rings. The smallest absolute Gasteiger partial charge is 0.261 e. The van der Waals surface area contributed by atoms with Crippen molar-refractivity contribution in [2.75, 3.05) is 6.26 Å². The first kappa shape index (κ1) is 17.2. The van der Waals surface area contributed by atoms with Crippen LogP contribution in [0.15, 0.2) is 22.7 Å². The van der Waals surface area contributed by atoms with Crippen LogP contribution in [0.5, 0.6) is 5.75 Å². The normalized spacial score (nSPS) is 16.9. The highest BCUT2D eigenvalue weighted by atomic mass is 35.5. The fraction of sp³-hybridized carbons (Fsp3) is 0.500. The van der Waals surface area contributed by atoms with Gasteiger partial charge in [-0.25, -0.2) is 8.42 Å². The molecular formula is C16H19ClN2O4S. The van der Waals surface area contributed by atoms with Crippen LogP contribution < -0.4 is 4.74 Å². The van der Waals surface area contributed by atoms with Gasteiger partial charge in [-0.1, -0.05) is 16.8 Å². The van der Waals surface area contributed by atoms with Gasteiger partial charge in [-0.15, -0.1) is 0 Å². The Morgan fingerprint density at radius 3 is 2.58 bits per heavy atom. The van der Waals surface area contributed by atoms with Gasteiger partial charge in [0.15, 0.2) is 15.7 Å². The van der Waals surface area contributed by atoms with E-state index in [1.54, 1.807) is 18.2 Å². The molecule has 1 aromatic heterocycles. The van der Waals surface area contributed by atoms with Crippen LogP contribution >= 0.6 is 11.6 Å². The molecule has 0 unspecified atom stereocenters. The Morgan fingerprint density at radius 1 is 1.33 bits per heavy atom. The average molecular weight is 371 g/mol. The molecule has 0 amide bonds. The molecule has 8 heteroatoms. The van der Waals surface area contributed by atoms with Gasteiger partial charge >= 0.3 is 0 Å². The molecule has 1 saturated carbocycles. The average Bonchev–Trinajstić information content (AvgIpc) is 2.87. The first-order valence-electron chi connectivity index (χ1n) is 7.73. The number of halogens is 1. The first-order chi connectivity index (χ1) is 11.2. The summed E-state index contributed by atoms with van der Waals surface area (Å²) < 4.78 is 34.4. The third-order valence-corrected chi connectivity index (χ3v) is 6.48. The molecular weight excluding hydrogens is 352 g/mol. The van der Waals surface area contributed by atoms with Crippen molar-refractivity contribution in [1.82, 2.24) is 10.1 Å². The fourth-order valence-electron chi connectivity index (χ4n) is 2.80. The van der Waals surface area contributed by atoms with Gasteiger partial charge < -0.3 is 9.26 Å². The number of benzene rings is 1. The molecule has 0 radical (unpaired) electrons. The lowest BCUT2D eigenvalue weighted by Gasteiger charge is -2.36. The van der Waals surface area contributed by atoms with E-state index in [4.69, 9.17) is 20.9 Å². The lowest BCUT2D eigenvalue weighted by atomic mass is 9.83. The van der Waals surface area contributed by atoms with Crippen LogP contribution in [0.1, 0.15) is 38.9 Å². The van der Waals surface area contributed by atoms with E-state index in [2.05, 4.69) is 10.1 Å². The van der Waals surface area contributed by atoms with Gasteiger partial charge in [0.05, 0.1) is 11.7 Å². The molecule has 130 valence electrons. The Labute approximate surface area is 146 Å². The van der Waals surface area contributed by atoms with Crippen LogP contribution in [0.3, 0.4) is 0 Å². The van der Waals surface area contributed by atoms with Crippen LogP contribution in [0.2, 0.25) is 5.02 Å². The highest BCUT2D eigenvalue weighted by Crippen LogP contribution is 2.47. The zero-order valence-electron chi connectivity index (χ0n) is 13.7. The summed E-state index contributed by atoms with van der Waals surface area (Å²) in [6.45, 7) is 3.81. The summed E-state index contributed by atoms with van der Waals surface area (Å²) in [5.41, 5.74) is 0.554. The molecule has 1 aliphatic carbocycles. The molecule has 0 bridgehead atoms. The van der Waals surface area contributed by atoms with Gasteiger partial charge in [-0.05, 0) is 51.3 Å². The third kappa shape index (κ3) is 2.91. The second kappa shape index (κ2) is 6.04. The van der Waals surface area contributed by atoms with Gasteiger partial charge in [0.25, 0.3) is 5.89 Å². The summed E-state index contributed by atoms with van der Waals surface area (Å²) in [6.07, 6.45) is 3.03. The Balaban J connectivity index is 2.04. The number of hydrogen-bond acceptors (Lipinski definition) is 6. The van der Waals surface area contributed by atoms with Gasteiger partial charge in [0.2, 0.25) is 0 Å². The van der Waals surface area contributed by atoms with Crippen molar-refractivity contribution in [3.05, 3.63) is 29.0 Å². The molecule has 0 aliphatic heterocycles. The van der Waals surface area contributed by atoms with Crippen molar-refractivity contribution in [3.63, 3.8) is 0 Å². The molecule has 24 heavy (non-hydrogen) atoms. The zero-order valence-corrected chi connectivity index (χ0v) is 15.3. The SMILES string of the molecule is CC(C)Oc1ccc(Cl)cc1-c1nc(C2(S(C)(=O)=O)CCC2)no1. The predicted molar refractivity (Wildman–Crippen MR) is 90.9 cm³/mol. The molecule has 1 fully saturated rings. The van der Waals surface area contributed by atoms with Crippen LogP contribution in [0.25, 0.3) is 11.5 Å². The van der Waals surface area contributed by atoms with E-state index in [0.29, 0.717) is 29.2 Å². The molecule has 0 spiro atoms. The van der Waals surface area contributed by atoms with Crippen molar-refractivity contribution >= 4 is 21.4 Å². The number of aromatic nitrogens is 2. The number of hydrogen-bond donors (Lipinski definition) is 0. The minimum atomic E-state index is -3.33. The van der Waals surface area contributed by atoms with Crippen LogP contribution in [-0.4, -0.2) is 30.9 Å². The molecule has 0 atom stereocenters. The number of rotatable bonds is 5. The minimum Gasteiger partial charge on any atom is -0.490 e. The molecule has 0 saturated heterocycles. The van der Waals surface area contributed by atoms with Crippen LogP contribution in [0.4, 0.5) is 0 Å². The highest BCUT2D eigenvalue weighted by molar-refractivity contribution is 7.91. The molecule has 1 heterocycles. The summed E-state index contributed by atoms with van der Waals surface area (Å²) in [6, 6.07) is 5.12. The quantitative estimate of drug-likeness (QED) is 0.799. The molecule has 2 aromatic rings. The maximum atomic E-state index is 12.2. The van der Waals surface area contributed by atoms with Gasteiger partial charge in [-0.3, -0.25) is 0 Å². The van der Waals surface area contributed by atoms with E-state index >= 15 is 0 Å². The molecule has 6 nitrogen and oxygen atoms in total. The molecule has 0 N–H and O–H groups in total. The van der Waals surface area contributed by atoms with Crippen molar-refractivity contribution in [2.24, 2.45) is 0 Å². The Kier molecular flexibility index (Phi) is 4.34. The van der Waals surface area contributed by atoms with E-state index in [0.717, 1.165) is 6.42 Å². The zero-order chi connectivity index (χ0) is 17.5. The van der Waals surface area contributed by atoms with Gasteiger partial charge in [-0.2, -0.15) is 4.98 Å². The fourth-order valence-corrected chi connectivity index (χ4v) is 4.42. The second-order valence-corrected chi connectivity index (χ2v) is 9.11. The van der Waals surface area contributed by atoms with E-state index in [1.165, 1.54) is 6.26 Å². The number of sulfone groups is 1. The largest absolute Gasteiger partial charge is 0.490 e. The van der Waals surface area contributed by atoms with Crippen molar-refractivity contribution in [2.45, 2.75) is 44.0 Å². The summed E-state index contributed by atoms with van der Waals surface area (Å²) in [7, 11) is -3.33. The Bertz CT molecular complexity index is 857. The summed E-state index contributed by atoms with van der Waals surface area (Å²) >= 11 is 6.07. The van der Waals surface area contributed by atoms with Gasteiger partial charge in [0, 0.05) is 11.3 Å². The highest BCUT2D eigenvalue weighted by Gasteiger charge is 2.51. The maximum Gasteiger partial charge on any atom is 0.261 e. The summed E-state index contributed by atoms with van der Waals surface area (Å²) in [4.78, 5) is 4.35. The van der Waals surface area contributed by atoms with E-state index in [1.807, 2.05) is 13.8 Å². The van der Waals surface area contributed by atoms with E-state index < -0.39 is 14.6 Å². The van der Waals surface area contributed by atoms with Crippen LogP contribution in [-0.2, 0) is 14.6 Å². The second-order valence-electron chi connectivity index (χ2n) is 6.35. The van der Waals surface area contributed by atoms with Gasteiger partial charge in [0.1, 0.15) is 10.5 Å². The van der Waals surface area contributed by atoms with E-state index in [9.17, 15) is 8.42 Å². The van der Waals surface area contributed by atoms with Crippen LogP contribution in [0, 0.1) is 0 Å². The Hall–Kier alpha value is -1.60. The van der Waals surface area contributed by atoms with E-state index in [-0.39, 0.29) is 17.8 Å². The summed E-state index contributed by atoms with van der Waals surface area (Å²) in [5, 5.41) is 4.44.